The Bertz CT molecular complexity index is 521. The van der Waals surface area contributed by atoms with Crippen LogP contribution in [0, 0.1) is 13.8 Å². The fourth-order valence-corrected chi connectivity index (χ4v) is 2.60. The van der Waals surface area contributed by atoms with E-state index >= 15 is 0 Å². The lowest BCUT2D eigenvalue weighted by Gasteiger charge is -2.25. The third kappa shape index (κ3) is 7.04. The van der Waals surface area contributed by atoms with Gasteiger partial charge in [-0.2, -0.15) is 0 Å². The van der Waals surface area contributed by atoms with Gasteiger partial charge in [0.15, 0.2) is 0 Å². The van der Waals surface area contributed by atoms with E-state index in [1.165, 1.54) is 16.7 Å². The summed E-state index contributed by atoms with van der Waals surface area (Å²) in [5.41, 5.74) is 3.40. The SMILES string of the molecule is CCC(CNC(=O)OC(C)(C)C)NC(C)c1ccc(C)cc1C. The minimum atomic E-state index is -0.467. The number of nitrogens with one attached hydrogen (secondary N) is 2. The summed E-state index contributed by atoms with van der Waals surface area (Å²) in [5, 5.41) is 6.44. The quantitative estimate of drug-likeness (QED) is 0.823. The van der Waals surface area contributed by atoms with Crippen molar-refractivity contribution in [2.45, 2.75) is 72.6 Å². The number of amides is 1. The molecule has 1 aromatic carbocycles. The molecule has 0 aliphatic rings. The lowest BCUT2D eigenvalue weighted by molar-refractivity contribution is 0.0521. The van der Waals surface area contributed by atoms with Crippen molar-refractivity contribution in [1.29, 1.82) is 0 Å². The molecule has 1 aromatic rings. The Morgan fingerprint density at radius 3 is 2.43 bits per heavy atom. The van der Waals surface area contributed by atoms with E-state index in [4.69, 9.17) is 4.74 Å². The van der Waals surface area contributed by atoms with E-state index in [9.17, 15) is 4.79 Å². The van der Waals surface area contributed by atoms with Crippen LogP contribution in [0.1, 0.15) is 63.8 Å². The monoisotopic (exact) mass is 320 g/mol. The number of aryl methyl sites for hydroxylation is 2. The highest BCUT2D eigenvalue weighted by atomic mass is 16.6. The second kappa shape index (κ2) is 8.34. The molecular weight excluding hydrogens is 288 g/mol. The van der Waals surface area contributed by atoms with Crippen molar-refractivity contribution in [3.63, 3.8) is 0 Å². The van der Waals surface area contributed by atoms with Crippen molar-refractivity contribution in [2.75, 3.05) is 6.54 Å². The number of rotatable bonds is 6. The van der Waals surface area contributed by atoms with Crippen LogP contribution in [0.4, 0.5) is 4.79 Å². The maximum absolute atomic E-state index is 11.8. The zero-order valence-electron chi connectivity index (χ0n) is 15.6. The summed E-state index contributed by atoms with van der Waals surface area (Å²) in [6.07, 6.45) is 0.572. The van der Waals surface area contributed by atoms with Crippen molar-refractivity contribution in [2.24, 2.45) is 0 Å². The van der Waals surface area contributed by atoms with Crippen molar-refractivity contribution in [3.8, 4) is 0 Å². The predicted octanol–water partition coefficient (Wildman–Crippen LogP) is 4.26. The highest BCUT2D eigenvalue weighted by molar-refractivity contribution is 5.67. The first kappa shape index (κ1) is 19.5. The average Bonchev–Trinajstić information content (AvgIpc) is 2.41. The van der Waals surface area contributed by atoms with Gasteiger partial charge < -0.3 is 15.4 Å². The first-order valence-electron chi connectivity index (χ1n) is 8.42. The van der Waals surface area contributed by atoms with Gasteiger partial charge in [0.1, 0.15) is 5.60 Å². The van der Waals surface area contributed by atoms with Crippen LogP contribution in [0.25, 0.3) is 0 Å². The number of carbonyl (C=O) groups is 1. The molecule has 0 heterocycles. The molecule has 0 saturated carbocycles. The van der Waals surface area contributed by atoms with E-state index in [0.717, 1.165) is 6.42 Å². The van der Waals surface area contributed by atoms with Crippen molar-refractivity contribution < 1.29 is 9.53 Å². The van der Waals surface area contributed by atoms with Gasteiger partial charge in [-0.3, -0.25) is 0 Å². The van der Waals surface area contributed by atoms with Crippen molar-refractivity contribution >= 4 is 6.09 Å². The Morgan fingerprint density at radius 2 is 1.91 bits per heavy atom. The summed E-state index contributed by atoms with van der Waals surface area (Å²) in [7, 11) is 0. The predicted molar refractivity (Wildman–Crippen MR) is 95.8 cm³/mol. The molecule has 0 aliphatic heterocycles. The molecule has 0 radical (unpaired) electrons. The smallest absolute Gasteiger partial charge is 0.407 e. The van der Waals surface area contributed by atoms with Crippen LogP contribution in [0.5, 0.6) is 0 Å². The van der Waals surface area contributed by atoms with Crippen LogP contribution in [0.2, 0.25) is 0 Å². The fourth-order valence-electron chi connectivity index (χ4n) is 2.60. The van der Waals surface area contributed by atoms with Crippen LogP contribution >= 0.6 is 0 Å². The molecule has 0 aromatic heterocycles. The first-order chi connectivity index (χ1) is 10.6. The third-order valence-corrected chi connectivity index (χ3v) is 3.76. The van der Waals surface area contributed by atoms with Crippen LogP contribution in [0.3, 0.4) is 0 Å². The number of benzene rings is 1. The van der Waals surface area contributed by atoms with E-state index in [2.05, 4.69) is 56.5 Å². The van der Waals surface area contributed by atoms with Gasteiger partial charge in [0, 0.05) is 18.6 Å². The van der Waals surface area contributed by atoms with E-state index < -0.39 is 5.60 Å². The second-order valence-corrected chi connectivity index (χ2v) is 7.24. The summed E-state index contributed by atoms with van der Waals surface area (Å²) in [6, 6.07) is 6.96. The van der Waals surface area contributed by atoms with Gasteiger partial charge in [0.25, 0.3) is 0 Å². The lowest BCUT2D eigenvalue weighted by Crippen LogP contribution is -2.43. The maximum Gasteiger partial charge on any atom is 0.407 e. The number of carbonyl (C=O) groups excluding carboxylic acids is 1. The van der Waals surface area contributed by atoms with Gasteiger partial charge in [-0.15, -0.1) is 0 Å². The number of hydrogen-bond acceptors (Lipinski definition) is 3. The maximum atomic E-state index is 11.8. The number of hydrogen-bond donors (Lipinski definition) is 2. The van der Waals surface area contributed by atoms with E-state index in [-0.39, 0.29) is 18.2 Å². The summed E-state index contributed by atoms with van der Waals surface area (Å²) >= 11 is 0. The van der Waals surface area contributed by atoms with Crippen LogP contribution in [-0.2, 0) is 4.74 Å². The summed E-state index contributed by atoms with van der Waals surface area (Å²) in [4.78, 5) is 11.8. The van der Waals surface area contributed by atoms with Gasteiger partial charge in [0.2, 0.25) is 0 Å². The Hall–Kier alpha value is -1.55. The Morgan fingerprint density at radius 1 is 1.26 bits per heavy atom. The fraction of sp³-hybridized carbons (Fsp3) is 0.632. The second-order valence-electron chi connectivity index (χ2n) is 7.24. The molecule has 0 bridgehead atoms. The van der Waals surface area contributed by atoms with Crippen LogP contribution in [0.15, 0.2) is 18.2 Å². The Kier molecular flexibility index (Phi) is 7.07. The molecule has 130 valence electrons. The number of alkyl carbamates (subject to hydrolysis) is 1. The van der Waals surface area contributed by atoms with Crippen LogP contribution in [-0.4, -0.2) is 24.3 Å². The van der Waals surface area contributed by atoms with E-state index in [1.54, 1.807) is 0 Å². The van der Waals surface area contributed by atoms with E-state index in [0.29, 0.717) is 6.54 Å². The minimum absolute atomic E-state index is 0.207. The minimum Gasteiger partial charge on any atom is -0.444 e. The summed E-state index contributed by atoms with van der Waals surface area (Å²) in [6.45, 7) is 14.7. The first-order valence-corrected chi connectivity index (χ1v) is 8.42. The zero-order valence-corrected chi connectivity index (χ0v) is 15.6. The molecule has 0 saturated heterocycles. The van der Waals surface area contributed by atoms with Gasteiger partial charge in [-0.05, 0) is 59.1 Å². The molecule has 4 heteroatoms. The molecule has 0 aliphatic carbocycles. The molecule has 0 fully saturated rings. The lowest BCUT2D eigenvalue weighted by atomic mass is 9.99. The topological polar surface area (TPSA) is 50.4 Å². The van der Waals surface area contributed by atoms with E-state index in [1.807, 2.05) is 20.8 Å². The van der Waals surface area contributed by atoms with Gasteiger partial charge in [0.05, 0.1) is 0 Å². The number of ether oxygens (including phenoxy) is 1. The summed E-state index contributed by atoms with van der Waals surface area (Å²) < 4.78 is 5.28. The highest BCUT2D eigenvalue weighted by Gasteiger charge is 2.18. The molecule has 1 rings (SSSR count). The molecule has 2 atom stereocenters. The normalized spacial score (nSPS) is 14.2. The average molecular weight is 320 g/mol. The Balaban J connectivity index is 2.57. The largest absolute Gasteiger partial charge is 0.444 e. The van der Waals surface area contributed by atoms with Gasteiger partial charge in [-0.1, -0.05) is 30.7 Å². The third-order valence-electron chi connectivity index (χ3n) is 3.76. The molecule has 23 heavy (non-hydrogen) atoms. The molecule has 2 unspecified atom stereocenters. The highest BCUT2D eigenvalue weighted by Crippen LogP contribution is 2.19. The molecular formula is C19H32N2O2. The van der Waals surface area contributed by atoms with Crippen LogP contribution < -0.4 is 10.6 Å². The zero-order chi connectivity index (χ0) is 17.6. The molecule has 0 spiro atoms. The summed E-state index contributed by atoms with van der Waals surface area (Å²) in [5.74, 6) is 0. The molecule has 2 N–H and O–H groups in total. The molecule has 1 amide bonds. The van der Waals surface area contributed by atoms with Gasteiger partial charge in [-0.25, -0.2) is 4.79 Å². The standard InChI is InChI=1S/C19H32N2O2/c1-8-16(12-20-18(22)23-19(5,6)7)21-15(4)17-10-9-13(2)11-14(17)3/h9-11,15-16,21H,8,12H2,1-7H3,(H,20,22). The Labute approximate surface area is 141 Å². The van der Waals surface area contributed by atoms with Crippen molar-refractivity contribution in [3.05, 3.63) is 34.9 Å². The van der Waals surface area contributed by atoms with Crippen molar-refractivity contribution in [1.82, 2.24) is 10.6 Å². The van der Waals surface area contributed by atoms with Gasteiger partial charge >= 0.3 is 6.09 Å². The molecule has 4 nitrogen and oxygen atoms in total.